The lowest BCUT2D eigenvalue weighted by Crippen LogP contribution is -2.13. The Morgan fingerprint density at radius 2 is 2.30 bits per heavy atom. The Bertz CT molecular complexity index is 85.7. The maximum absolute atomic E-state index is 5.48. The lowest BCUT2D eigenvalue weighted by atomic mass is 10.5. The van der Waals surface area contributed by atoms with Crippen LogP contribution < -0.4 is 0 Å². The largest absolute Gasteiger partial charge is 0.499 e. The molecule has 0 amide bonds. The summed E-state index contributed by atoms with van der Waals surface area (Å²) < 4.78 is 10.0. The van der Waals surface area contributed by atoms with Crippen molar-refractivity contribution in [2.45, 2.75) is 13.0 Å². The maximum Gasteiger partial charge on any atom is 0.111 e. The van der Waals surface area contributed by atoms with E-state index in [0.717, 1.165) is 0 Å². The summed E-state index contributed by atoms with van der Waals surface area (Å²) in [5.74, 6) is 0.522. The number of hydrogen-bond donors (Lipinski definition) is 0. The summed E-state index contributed by atoms with van der Waals surface area (Å²) in [5.41, 5.74) is 0. The first kappa shape index (κ1) is 9.79. The van der Waals surface area contributed by atoms with Crippen LogP contribution in [0.1, 0.15) is 6.92 Å². The lowest BCUT2D eigenvalue weighted by molar-refractivity contribution is 0.0466. The molecule has 0 aromatic heterocycles. The minimum absolute atomic E-state index is 0.107. The highest BCUT2D eigenvalue weighted by atomic mass is 35.5. The highest BCUT2D eigenvalue weighted by molar-refractivity contribution is 6.18. The quantitative estimate of drug-likeness (QED) is 0.339. The first-order valence-electron chi connectivity index (χ1n) is 3.21. The number of hydrogen-bond acceptors (Lipinski definition) is 2. The average Bonchev–Trinajstić information content (AvgIpc) is 1.98. The molecule has 0 aromatic carbocycles. The molecular weight excluding hydrogens is 152 g/mol. The molecule has 0 fully saturated rings. The molecule has 0 spiro atoms. The van der Waals surface area contributed by atoms with Gasteiger partial charge < -0.3 is 9.47 Å². The standard InChI is InChI=1S/C7H13ClO2/c1-3-9-4-5-10-7(2)6-8/h3,7H,1,4-6H2,2H3. The molecule has 0 aromatic rings. The molecule has 0 N–H and O–H groups in total. The molecule has 0 radical (unpaired) electrons. The number of halogens is 1. The molecule has 0 aliphatic rings. The summed E-state index contributed by atoms with van der Waals surface area (Å²) >= 11 is 5.48. The monoisotopic (exact) mass is 164 g/mol. The van der Waals surface area contributed by atoms with Gasteiger partial charge in [-0.25, -0.2) is 0 Å². The van der Waals surface area contributed by atoms with Crippen LogP contribution in [-0.4, -0.2) is 25.2 Å². The fraction of sp³-hybridized carbons (Fsp3) is 0.714. The van der Waals surface area contributed by atoms with Gasteiger partial charge in [-0.2, -0.15) is 0 Å². The number of alkyl halides is 1. The molecule has 2 nitrogen and oxygen atoms in total. The number of rotatable bonds is 6. The summed E-state index contributed by atoms with van der Waals surface area (Å²) in [6.07, 6.45) is 1.50. The predicted octanol–water partition coefficient (Wildman–Crippen LogP) is 1.79. The van der Waals surface area contributed by atoms with E-state index >= 15 is 0 Å². The van der Waals surface area contributed by atoms with Gasteiger partial charge in [0, 0.05) is 5.88 Å². The molecule has 0 heterocycles. The van der Waals surface area contributed by atoms with Crippen molar-refractivity contribution in [2.75, 3.05) is 19.1 Å². The molecule has 0 bridgehead atoms. The van der Waals surface area contributed by atoms with Crippen LogP contribution in [0.3, 0.4) is 0 Å². The van der Waals surface area contributed by atoms with Crippen molar-refractivity contribution >= 4 is 11.6 Å². The third-order valence-electron chi connectivity index (χ3n) is 0.939. The van der Waals surface area contributed by atoms with Crippen LogP contribution >= 0.6 is 11.6 Å². The van der Waals surface area contributed by atoms with Gasteiger partial charge in [0.15, 0.2) is 0 Å². The second-order valence-electron chi connectivity index (χ2n) is 1.87. The molecule has 0 rings (SSSR count). The van der Waals surface area contributed by atoms with Gasteiger partial charge in [-0.1, -0.05) is 6.58 Å². The molecule has 3 heteroatoms. The minimum atomic E-state index is 0.107. The first-order chi connectivity index (χ1) is 4.81. The Labute approximate surface area is 66.8 Å². The summed E-state index contributed by atoms with van der Waals surface area (Å²) in [6.45, 7) is 6.43. The molecule has 10 heavy (non-hydrogen) atoms. The van der Waals surface area contributed by atoms with Crippen molar-refractivity contribution < 1.29 is 9.47 Å². The van der Waals surface area contributed by atoms with Crippen LogP contribution in [-0.2, 0) is 9.47 Å². The predicted molar refractivity (Wildman–Crippen MR) is 42.3 cm³/mol. The molecule has 1 atom stereocenters. The third kappa shape index (κ3) is 5.92. The summed E-state index contributed by atoms with van der Waals surface area (Å²) in [7, 11) is 0. The highest BCUT2D eigenvalue weighted by Crippen LogP contribution is 1.92. The second-order valence-corrected chi connectivity index (χ2v) is 2.18. The second kappa shape index (κ2) is 6.90. The topological polar surface area (TPSA) is 18.5 Å². The van der Waals surface area contributed by atoms with Crippen molar-refractivity contribution in [2.24, 2.45) is 0 Å². The smallest absolute Gasteiger partial charge is 0.111 e. The van der Waals surface area contributed by atoms with Crippen LogP contribution in [0.15, 0.2) is 12.8 Å². The zero-order valence-electron chi connectivity index (χ0n) is 6.18. The fourth-order valence-electron chi connectivity index (χ4n) is 0.425. The van der Waals surface area contributed by atoms with E-state index in [1.807, 2.05) is 6.92 Å². The van der Waals surface area contributed by atoms with Crippen molar-refractivity contribution in [1.29, 1.82) is 0 Å². The first-order valence-corrected chi connectivity index (χ1v) is 3.74. The van der Waals surface area contributed by atoms with E-state index in [2.05, 4.69) is 6.58 Å². The lowest BCUT2D eigenvalue weighted by Gasteiger charge is -2.08. The normalized spacial score (nSPS) is 12.6. The molecule has 0 aliphatic carbocycles. The summed E-state index contributed by atoms with van der Waals surface area (Å²) in [6, 6.07) is 0. The van der Waals surface area contributed by atoms with Crippen molar-refractivity contribution in [3.05, 3.63) is 12.8 Å². The van der Waals surface area contributed by atoms with Gasteiger partial charge in [0.25, 0.3) is 0 Å². The van der Waals surface area contributed by atoms with Crippen molar-refractivity contribution in [3.63, 3.8) is 0 Å². The minimum Gasteiger partial charge on any atom is -0.499 e. The van der Waals surface area contributed by atoms with E-state index in [-0.39, 0.29) is 6.10 Å². The van der Waals surface area contributed by atoms with Gasteiger partial charge in [0.1, 0.15) is 6.61 Å². The zero-order valence-corrected chi connectivity index (χ0v) is 6.93. The van der Waals surface area contributed by atoms with E-state index in [9.17, 15) is 0 Å². The SMILES string of the molecule is C=COCCOC(C)CCl. The molecule has 0 saturated heterocycles. The van der Waals surface area contributed by atoms with E-state index in [4.69, 9.17) is 21.1 Å². The van der Waals surface area contributed by atoms with Crippen LogP contribution in [0.4, 0.5) is 0 Å². The molecular formula is C7H13ClO2. The van der Waals surface area contributed by atoms with Gasteiger partial charge in [-0.3, -0.25) is 0 Å². The van der Waals surface area contributed by atoms with Gasteiger partial charge in [0.2, 0.25) is 0 Å². The average molecular weight is 165 g/mol. The molecule has 60 valence electrons. The van der Waals surface area contributed by atoms with Crippen LogP contribution in [0.2, 0.25) is 0 Å². The molecule has 0 saturated carbocycles. The van der Waals surface area contributed by atoms with Crippen molar-refractivity contribution in [3.8, 4) is 0 Å². The Morgan fingerprint density at radius 1 is 1.60 bits per heavy atom. The number of ether oxygens (including phenoxy) is 2. The highest BCUT2D eigenvalue weighted by Gasteiger charge is 1.97. The fourth-order valence-corrected chi connectivity index (χ4v) is 0.514. The van der Waals surface area contributed by atoms with Gasteiger partial charge in [-0.05, 0) is 6.92 Å². The van der Waals surface area contributed by atoms with E-state index in [1.165, 1.54) is 6.26 Å². The van der Waals surface area contributed by atoms with Gasteiger partial charge in [0.05, 0.1) is 19.0 Å². The van der Waals surface area contributed by atoms with Gasteiger partial charge in [-0.15, -0.1) is 11.6 Å². The summed E-state index contributed by atoms with van der Waals surface area (Å²) in [5, 5.41) is 0. The van der Waals surface area contributed by atoms with Crippen LogP contribution in [0.25, 0.3) is 0 Å². The van der Waals surface area contributed by atoms with E-state index < -0.39 is 0 Å². The Morgan fingerprint density at radius 3 is 2.80 bits per heavy atom. The third-order valence-corrected chi connectivity index (χ3v) is 1.37. The van der Waals surface area contributed by atoms with Crippen molar-refractivity contribution in [1.82, 2.24) is 0 Å². The Hall–Kier alpha value is -0.210. The van der Waals surface area contributed by atoms with E-state index in [0.29, 0.717) is 19.1 Å². The van der Waals surface area contributed by atoms with E-state index in [1.54, 1.807) is 0 Å². The maximum atomic E-state index is 5.48. The molecule has 1 unspecified atom stereocenters. The zero-order chi connectivity index (χ0) is 7.82. The Balaban J connectivity index is 2.95. The van der Waals surface area contributed by atoms with Gasteiger partial charge >= 0.3 is 0 Å². The summed E-state index contributed by atoms with van der Waals surface area (Å²) in [4.78, 5) is 0. The van der Waals surface area contributed by atoms with Crippen LogP contribution in [0, 0.1) is 0 Å². The Kier molecular flexibility index (Phi) is 6.76. The molecule has 0 aliphatic heterocycles. The van der Waals surface area contributed by atoms with Crippen LogP contribution in [0.5, 0.6) is 0 Å².